The van der Waals surface area contributed by atoms with Gasteiger partial charge in [0.1, 0.15) is 11.6 Å². The van der Waals surface area contributed by atoms with Crippen LogP contribution in [0.1, 0.15) is 104 Å². The maximum absolute atomic E-state index is 14.0. The second-order valence-electron chi connectivity index (χ2n) is 14.6. The van der Waals surface area contributed by atoms with Gasteiger partial charge in [0.25, 0.3) is 0 Å². The van der Waals surface area contributed by atoms with Gasteiger partial charge in [-0.25, -0.2) is 0 Å². The number of likely N-dealkylation sites (tertiary alicyclic amines) is 1. The number of ether oxygens (including phenoxy) is 2. The molecule has 10 nitrogen and oxygen atoms in total. The number of carbonyl (C=O) groups is 4. The van der Waals surface area contributed by atoms with Gasteiger partial charge in [-0.1, -0.05) is 12.5 Å². The Bertz CT molecular complexity index is 1300. The SMILES string of the molecule is [2H][C@@]1(C(=O)N[C@@](C)(Cc2ccc(OC)c(OC)c2)C(=O)NCCCCCC(=O)O)CCCN1C(=O)CCC12CC3CC(CC(C3)C1)C2. The Morgan fingerprint density at radius 2 is 1.67 bits per heavy atom. The molecule has 5 aliphatic rings. The summed E-state index contributed by atoms with van der Waals surface area (Å²) in [5.74, 6) is 1.34. The van der Waals surface area contributed by atoms with Gasteiger partial charge in [-0.15, -0.1) is 0 Å². The summed E-state index contributed by atoms with van der Waals surface area (Å²) in [6.07, 6.45) is 11.5. The van der Waals surface area contributed by atoms with Crippen LogP contribution in [-0.4, -0.2) is 72.6 Å². The third kappa shape index (κ3) is 7.97. The zero-order valence-electron chi connectivity index (χ0n) is 28.8. The minimum absolute atomic E-state index is 0.0738. The summed E-state index contributed by atoms with van der Waals surface area (Å²) >= 11 is 0. The summed E-state index contributed by atoms with van der Waals surface area (Å²) in [6, 6.07) is 3.50. The smallest absolute Gasteiger partial charge is 0.303 e. The molecule has 2 atom stereocenters. The Kier molecular flexibility index (Phi) is 10.4. The van der Waals surface area contributed by atoms with Crippen molar-refractivity contribution in [2.45, 2.75) is 115 Å². The molecule has 1 aromatic rings. The third-order valence-corrected chi connectivity index (χ3v) is 11.0. The van der Waals surface area contributed by atoms with Crippen molar-refractivity contribution in [2.75, 3.05) is 27.3 Å². The van der Waals surface area contributed by atoms with Gasteiger partial charge in [-0.3, -0.25) is 19.2 Å². The lowest BCUT2D eigenvalue weighted by molar-refractivity contribution is -0.142. The van der Waals surface area contributed by atoms with Crippen molar-refractivity contribution in [1.82, 2.24) is 15.5 Å². The Labute approximate surface area is 274 Å². The molecule has 254 valence electrons. The fourth-order valence-electron chi connectivity index (χ4n) is 9.17. The lowest BCUT2D eigenvalue weighted by Crippen LogP contribution is -2.61. The Morgan fingerprint density at radius 1 is 1.00 bits per heavy atom. The average Bonchev–Trinajstić information content (AvgIpc) is 3.43. The summed E-state index contributed by atoms with van der Waals surface area (Å²) < 4.78 is 20.1. The normalized spacial score (nSPS) is 29.5. The Hall–Kier alpha value is -3.30. The quantitative estimate of drug-likeness (QED) is 0.220. The van der Waals surface area contributed by atoms with Crippen molar-refractivity contribution in [3.8, 4) is 11.5 Å². The van der Waals surface area contributed by atoms with Crippen LogP contribution in [0.15, 0.2) is 18.2 Å². The molecule has 1 saturated heterocycles. The van der Waals surface area contributed by atoms with Crippen molar-refractivity contribution in [1.29, 1.82) is 0 Å². The zero-order valence-corrected chi connectivity index (χ0v) is 27.8. The van der Waals surface area contributed by atoms with Crippen LogP contribution in [0.2, 0.25) is 0 Å². The molecule has 3 N–H and O–H groups in total. The number of rotatable bonds is 16. The van der Waals surface area contributed by atoms with Crippen molar-refractivity contribution in [3.05, 3.63) is 23.8 Å². The van der Waals surface area contributed by atoms with Crippen LogP contribution in [0, 0.1) is 23.2 Å². The number of carbonyl (C=O) groups excluding carboxylic acids is 3. The van der Waals surface area contributed by atoms with E-state index in [0.717, 1.165) is 29.7 Å². The number of methoxy groups -OCH3 is 2. The highest BCUT2D eigenvalue weighted by atomic mass is 16.5. The number of nitrogens with one attached hydrogen (secondary N) is 2. The topological polar surface area (TPSA) is 134 Å². The molecular weight excluding hydrogens is 586 g/mol. The van der Waals surface area contributed by atoms with Gasteiger partial charge >= 0.3 is 5.97 Å². The van der Waals surface area contributed by atoms with Crippen molar-refractivity contribution >= 4 is 23.7 Å². The van der Waals surface area contributed by atoms with Crippen molar-refractivity contribution in [3.63, 3.8) is 0 Å². The van der Waals surface area contributed by atoms with Gasteiger partial charge < -0.3 is 30.1 Å². The minimum atomic E-state index is -1.80. The number of unbranched alkanes of at least 4 members (excludes halogenated alkanes) is 2. The van der Waals surface area contributed by atoms with Crippen molar-refractivity contribution < 1.29 is 35.1 Å². The Morgan fingerprint density at radius 3 is 2.30 bits per heavy atom. The van der Waals surface area contributed by atoms with E-state index in [0.29, 0.717) is 56.7 Å². The maximum Gasteiger partial charge on any atom is 0.303 e. The number of hydrogen-bond acceptors (Lipinski definition) is 6. The summed E-state index contributed by atoms with van der Waals surface area (Å²) in [5, 5.41) is 14.7. The highest BCUT2D eigenvalue weighted by Gasteiger charge is 2.51. The van der Waals surface area contributed by atoms with Crippen LogP contribution in [0.4, 0.5) is 0 Å². The number of amides is 3. The third-order valence-electron chi connectivity index (χ3n) is 11.0. The van der Waals surface area contributed by atoms with E-state index < -0.39 is 29.3 Å². The van der Waals surface area contributed by atoms with E-state index in [-0.39, 0.29) is 30.6 Å². The van der Waals surface area contributed by atoms with Crippen LogP contribution in [0.25, 0.3) is 0 Å². The van der Waals surface area contributed by atoms with Gasteiger partial charge in [-0.05, 0) is 118 Å². The van der Waals surface area contributed by atoms with Crippen LogP contribution < -0.4 is 20.1 Å². The highest BCUT2D eigenvalue weighted by Crippen LogP contribution is 2.61. The first-order valence-corrected chi connectivity index (χ1v) is 17.2. The second-order valence-corrected chi connectivity index (χ2v) is 14.6. The molecule has 1 heterocycles. The standard InChI is InChI=1S/C36H53N3O7/c1-35(34(44)37-14-6-4-5-9-32(41)42,20-24-10-11-29(45-2)30(19-24)46-3)38-33(43)28-8-7-15-39(28)31(40)12-13-36-21-25-16-26(22-36)18-27(17-25)23-36/h10-11,19,25-28H,4-9,12-18,20-23H2,1-3H3,(H,37,44)(H,38,43)(H,41,42)/t25?,26?,27?,28-,35-,36?/m0/s1/i28D. The molecular formula is C36H53N3O7. The zero-order chi connectivity index (χ0) is 33.8. The van der Waals surface area contributed by atoms with Crippen LogP contribution in [0.3, 0.4) is 0 Å². The molecule has 46 heavy (non-hydrogen) atoms. The van der Waals surface area contributed by atoms with E-state index in [1.165, 1.54) is 57.6 Å². The molecule has 0 aromatic heterocycles. The van der Waals surface area contributed by atoms with Gasteiger partial charge in [0.2, 0.25) is 17.7 Å². The van der Waals surface area contributed by atoms with Crippen molar-refractivity contribution in [2.24, 2.45) is 23.2 Å². The first kappa shape index (κ1) is 32.6. The van der Waals surface area contributed by atoms with Crippen LogP contribution in [-0.2, 0) is 25.6 Å². The van der Waals surface area contributed by atoms with Gasteiger partial charge in [-0.2, -0.15) is 0 Å². The molecule has 4 aliphatic carbocycles. The second kappa shape index (κ2) is 14.6. The van der Waals surface area contributed by atoms with E-state index in [1.807, 2.05) is 0 Å². The fraction of sp³-hybridized carbons (Fsp3) is 0.722. The van der Waals surface area contributed by atoms with E-state index in [9.17, 15) is 20.5 Å². The molecule has 1 aromatic carbocycles. The van der Waals surface area contributed by atoms with E-state index >= 15 is 0 Å². The molecule has 3 amide bonds. The number of benzene rings is 1. The maximum atomic E-state index is 14.0. The van der Waals surface area contributed by atoms with Gasteiger partial charge in [0, 0.05) is 32.4 Å². The van der Waals surface area contributed by atoms with E-state index in [1.54, 1.807) is 25.1 Å². The van der Waals surface area contributed by atoms with Crippen LogP contribution in [0.5, 0.6) is 11.5 Å². The van der Waals surface area contributed by atoms with Gasteiger partial charge in [0.15, 0.2) is 11.5 Å². The molecule has 6 rings (SSSR count). The largest absolute Gasteiger partial charge is 0.493 e. The summed E-state index contributed by atoms with van der Waals surface area (Å²) in [5.41, 5.74) is -0.487. The highest BCUT2D eigenvalue weighted by molar-refractivity contribution is 5.94. The number of carboxylic acids is 1. The first-order valence-electron chi connectivity index (χ1n) is 17.7. The molecule has 0 radical (unpaired) electrons. The number of hydrogen-bond donors (Lipinski definition) is 3. The van der Waals surface area contributed by atoms with Crippen LogP contribution >= 0.6 is 0 Å². The fourth-order valence-corrected chi connectivity index (χ4v) is 9.17. The molecule has 0 spiro atoms. The van der Waals surface area contributed by atoms with E-state index in [2.05, 4.69) is 10.6 Å². The molecule has 4 bridgehead atoms. The van der Waals surface area contributed by atoms with E-state index in [4.69, 9.17) is 14.6 Å². The molecule has 0 unspecified atom stereocenters. The molecule has 5 fully saturated rings. The van der Waals surface area contributed by atoms with Gasteiger partial charge in [0.05, 0.1) is 15.6 Å². The molecule has 10 heteroatoms. The summed E-state index contributed by atoms with van der Waals surface area (Å²) in [7, 11) is 3.07. The summed E-state index contributed by atoms with van der Waals surface area (Å²) in [6.45, 7) is 2.31. The number of nitrogens with zero attached hydrogens (tertiary/aromatic N) is 1. The minimum Gasteiger partial charge on any atom is -0.493 e. The lowest BCUT2D eigenvalue weighted by Gasteiger charge is -2.57. The Balaban J connectivity index is 1.27. The molecule has 4 saturated carbocycles. The lowest BCUT2D eigenvalue weighted by atomic mass is 9.48. The monoisotopic (exact) mass is 640 g/mol. The predicted octanol–water partition coefficient (Wildman–Crippen LogP) is 4.87. The summed E-state index contributed by atoms with van der Waals surface area (Å²) in [4.78, 5) is 53.8. The average molecular weight is 641 g/mol. The molecule has 1 aliphatic heterocycles. The first-order chi connectivity index (χ1) is 22.4. The number of aliphatic carboxylic acids is 1. The predicted molar refractivity (Wildman–Crippen MR) is 173 cm³/mol. The number of carboxylic acid groups (broad SMARTS) is 1.